The molecular formula is C28H26N2O6. The number of aromatic nitrogens is 1. The van der Waals surface area contributed by atoms with Crippen molar-refractivity contribution in [3.05, 3.63) is 76.3 Å². The van der Waals surface area contributed by atoms with Crippen LogP contribution in [0.1, 0.15) is 43.6 Å². The summed E-state index contributed by atoms with van der Waals surface area (Å²) in [5, 5.41) is 1.04. The number of nitrogens with zero attached hydrogens (tertiary/aromatic N) is 1. The highest BCUT2D eigenvalue weighted by Gasteiger charge is 2.49. The number of H-pyrrole nitrogens is 1. The van der Waals surface area contributed by atoms with E-state index in [0.717, 1.165) is 27.7 Å². The van der Waals surface area contributed by atoms with E-state index in [4.69, 9.17) is 18.9 Å². The van der Waals surface area contributed by atoms with Gasteiger partial charge < -0.3 is 28.8 Å². The highest BCUT2D eigenvalue weighted by molar-refractivity contribution is 6.01. The third kappa shape index (κ3) is 3.21. The van der Waals surface area contributed by atoms with Crippen LogP contribution >= 0.6 is 0 Å². The van der Waals surface area contributed by atoms with Gasteiger partial charge >= 0.3 is 11.9 Å². The highest BCUT2D eigenvalue weighted by atomic mass is 16.7. The van der Waals surface area contributed by atoms with Gasteiger partial charge in [0.1, 0.15) is 5.92 Å². The number of rotatable bonds is 5. The molecule has 184 valence electrons. The molecule has 4 heterocycles. The van der Waals surface area contributed by atoms with Crippen LogP contribution < -0.4 is 9.47 Å². The topological polar surface area (TPSA) is 90.1 Å². The number of para-hydroxylation sites is 1. The van der Waals surface area contributed by atoms with Crippen molar-refractivity contribution in [2.75, 3.05) is 20.0 Å². The van der Waals surface area contributed by atoms with Crippen LogP contribution in [0.2, 0.25) is 0 Å². The van der Waals surface area contributed by atoms with E-state index < -0.39 is 17.9 Å². The lowest BCUT2D eigenvalue weighted by Gasteiger charge is -2.36. The van der Waals surface area contributed by atoms with E-state index >= 15 is 0 Å². The second-order valence-electron chi connectivity index (χ2n) is 8.86. The van der Waals surface area contributed by atoms with E-state index in [1.54, 1.807) is 13.8 Å². The number of hydrogen-bond donors (Lipinski definition) is 1. The Kier molecular flexibility index (Phi) is 5.25. The molecule has 0 saturated heterocycles. The number of ether oxygens (including phenoxy) is 4. The minimum Gasteiger partial charge on any atom is -0.465 e. The van der Waals surface area contributed by atoms with Gasteiger partial charge in [-0.1, -0.05) is 24.3 Å². The van der Waals surface area contributed by atoms with Gasteiger partial charge in [-0.3, -0.25) is 4.79 Å². The molecule has 0 bridgehead atoms. The molecule has 8 nitrogen and oxygen atoms in total. The molecule has 0 radical (unpaired) electrons. The second-order valence-corrected chi connectivity index (χ2v) is 8.86. The second kappa shape index (κ2) is 8.48. The summed E-state index contributed by atoms with van der Waals surface area (Å²) in [6.07, 6.45) is 1.99. The van der Waals surface area contributed by atoms with Gasteiger partial charge in [0.05, 0.1) is 30.5 Å². The predicted octanol–water partition coefficient (Wildman–Crippen LogP) is 4.67. The Morgan fingerprint density at radius 1 is 1.06 bits per heavy atom. The highest BCUT2D eigenvalue weighted by Crippen LogP contribution is 2.52. The number of fused-ring (bicyclic) bond motifs is 5. The molecule has 0 spiro atoms. The summed E-state index contributed by atoms with van der Waals surface area (Å²) in [7, 11) is 0. The molecule has 2 aromatic carbocycles. The van der Waals surface area contributed by atoms with Crippen molar-refractivity contribution in [1.29, 1.82) is 0 Å². The number of aromatic amines is 1. The lowest BCUT2D eigenvalue weighted by atomic mass is 9.90. The summed E-state index contributed by atoms with van der Waals surface area (Å²) < 4.78 is 22.0. The normalized spacial score (nSPS) is 19.8. The summed E-state index contributed by atoms with van der Waals surface area (Å²) in [6.45, 7) is 5.95. The van der Waals surface area contributed by atoms with E-state index in [-0.39, 0.29) is 26.0 Å². The number of carbonyl (C=O) groups excluding carboxylic acids is 2. The summed E-state index contributed by atoms with van der Waals surface area (Å²) in [6, 6.07) is 13.6. The van der Waals surface area contributed by atoms with Gasteiger partial charge in [0.25, 0.3) is 0 Å². The van der Waals surface area contributed by atoms with Crippen LogP contribution in [0.3, 0.4) is 0 Å². The van der Waals surface area contributed by atoms with Crippen LogP contribution in [0.15, 0.2) is 59.4 Å². The van der Waals surface area contributed by atoms with Gasteiger partial charge in [0.2, 0.25) is 6.79 Å². The molecule has 0 aliphatic carbocycles. The van der Waals surface area contributed by atoms with Crippen molar-refractivity contribution in [3.8, 4) is 11.5 Å². The van der Waals surface area contributed by atoms with Crippen molar-refractivity contribution < 1.29 is 28.5 Å². The first kappa shape index (κ1) is 22.3. The number of esters is 2. The zero-order chi connectivity index (χ0) is 25.0. The summed E-state index contributed by atoms with van der Waals surface area (Å²) in [4.78, 5) is 32.1. The first-order valence-corrected chi connectivity index (χ1v) is 12.1. The van der Waals surface area contributed by atoms with Gasteiger partial charge in [0, 0.05) is 27.9 Å². The maximum absolute atomic E-state index is 13.3. The molecule has 1 N–H and O–H groups in total. The van der Waals surface area contributed by atoms with Crippen LogP contribution in [-0.2, 0) is 19.1 Å². The molecule has 1 aromatic heterocycles. The Morgan fingerprint density at radius 2 is 1.83 bits per heavy atom. The maximum Gasteiger partial charge on any atom is 0.337 e. The number of hydrogen-bond acceptors (Lipinski definition) is 7. The van der Waals surface area contributed by atoms with Gasteiger partial charge in [-0.2, -0.15) is 0 Å². The molecule has 2 atom stereocenters. The van der Waals surface area contributed by atoms with Crippen LogP contribution in [0, 0.1) is 5.92 Å². The van der Waals surface area contributed by atoms with E-state index in [9.17, 15) is 9.59 Å². The maximum atomic E-state index is 13.3. The average molecular weight is 487 g/mol. The van der Waals surface area contributed by atoms with Crippen molar-refractivity contribution in [2.24, 2.45) is 5.92 Å². The van der Waals surface area contributed by atoms with Crippen molar-refractivity contribution in [2.45, 2.75) is 26.8 Å². The lowest BCUT2D eigenvalue weighted by Crippen LogP contribution is -2.32. The quantitative estimate of drug-likeness (QED) is 0.524. The van der Waals surface area contributed by atoms with E-state index in [0.29, 0.717) is 28.5 Å². The fourth-order valence-corrected chi connectivity index (χ4v) is 5.49. The molecule has 0 amide bonds. The Labute approximate surface area is 208 Å². The number of carbonyl (C=O) groups is 2. The number of allylic oxidation sites excluding steroid dienone is 1. The first-order valence-electron chi connectivity index (χ1n) is 12.1. The number of nitrogens with one attached hydrogen (secondary N) is 1. The summed E-state index contributed by atoms with van der Waals surface area (Å²) in [5.74, 6) is -0.521. The largest absolute Gasteiger partial charge is 0.465 e. The Bertz CT molecular complexity index is 1470. The molecule has 3 aromatic rings. The zero-order valence-electron chi connectivity index (χ0n) is 20.3. The van der Waals surface area contributed by atoms with E-state index in [1.165, 1.54) is 0 Å². The van der Waals surface area contributed by atoms with Gasteiger partial charge in [-0.25, -0.2) is 4.79 Å². The van der Waals surface area contributed by atoms with Crippen LogP contribution in [-0.4, -0.2) is 41.8 Å². The van der Waals surface area contributed by atoms with Gasteiger partial charge in [-0.15, -0.1) is 0 Å². The molecule has 1 unspecified atom stereocenters. The third-order valence-electron chi connectivity index (χ3n) is 6.94. The molecule has 8 heteroatoms. The monoisotopic (exact) mass is 486 g/mol. The third-order valence-corrected chi connectivity index (χ3v) is 6.94. The van der Waals surface area contributed by atoms with Crippen LogP contribution in [0.4, 0.5) is 0 Å². The SMILES string of the molecule is CCOC(=O)C1=C(C)N2C(=Cc3c([nH]c4ccccc34)[C@H]2c2ccc3c(c2)OCO3)C1C(=O)OCC. The fourth-order valence-electron chi connectivity index (χ4n) is 5.49. The standard InChI is InChI=1S/C28H26N2O6/c1-4-33-27(31)23-15(3)30-20(24(23)28(32)34-5-2)13-18-17-8-6-7-9-19(17)29-25(18)26(30)16-10-11-21-22(12-16)36-14-35-21/h6-13,24,26,29H,4-5,14H2,1-3H3/t24?,26-/m1/s1. The van der Waals surface area contributed by atoms with Crippen molar-refractivity contribution >= 4 is 28.9 Å². The first-order chi connectivity index (χ1) is 17.5. The van der Waals surface area contributed by atoms with Gasteiger partial charge in [-0.05, 0) is 50.6 Å². The fraction of sp³-hybridized carbons (Fsp3) is 0.286. The zero-order valence-corrected chi connectivity index (χ0v) is 20.3. The van der Waals surface area contributed by atoms with Crippen molar-refractivity contribution in [1.82, 2.24) is 9.88 Å². The molecule has 0 saturated carbocycles. The smallest absolute Gasteiger partial charge is 0.337 e. The van der Waals surface area contributed by atoms with Crippen molar-refractivity contribution in [3.63, 3.8) is 0 Å². The molecule has 3 aliphatic heterocycles. The minimum absolute atomic E-state index is 0.173. The predicted molar refractivity (Wildman–Crippen MR) is 132 cm³/mol. The Morgan fingerprint density at radius 3 is 2.64 bits per heavy atom. The average Bonchev–Trinajstić information content (AvgIpc) is 3.56. The molecular weight excluding hydrogens is 460 g/mol. The molecule has 36 heavy (non-hydrogen) atoms. The summed E-state index contributed by atoms with van der Waals surface area (Å²) >= 11 is 0. The van der Waals surface area contributed by atoms with Crippen LogP contribution in [0.25, 0.3) is 17.0 Å². The molecule has 3 aliphatic rings. The molecule has 6 rings (SSSR count). The van der Waals surface area contributed by atoms with E-state index in [1.807, 2.05) is 54.3 Å². The van der Waals surface area contributed by atoms with E-state index in [2.05, 4.69) is 11.1 Å². The van der Waals surface area contributed by atoms with Gasteiger partial charge in [0.15, 0.2) is 11.5 Å². The Hall–Kier alpha value is -4.20. The summed E-state index contributed by atoms with van der Waals surface area (Å²) in [5.41, 5.74) is 5.52. The Balaban J connectivity index is 1.60. The number of benzene rings is 2. The molecule has 0 fully saturated rings. The minimum atomic E-state index is -0.887. The van der Waals surface area contributed by atoms with Crippen LogP contribution in [0.5, 0.6) is 11.5 Å². The lowest BCUT2D eigenvalue weighted by molar-refractivity contribution is -0.148.